The highest BCUT2D eigenvalue weighted by molar-refractivity contribution is 5.83. The molecule has 34 heavy (non-hydrogen) atoms. The van der Waals surface area contributed by atoms with Gasteiger partial charge in [0, 0.05) is 37.2 Å². The summed E-state index contributed by atoms with van der Waals surface area (Å²) < 4.78 is 35.1. The van der Waals surface area contributed by atoms with Crippen LogP contribution in [0.2, 0.25) is 0 Å². The van der Waals surface area contributed by atoms with E-state index < -0.39 is 11.6 Å². The van der Waals surface area contributed by atoms with E-state index in [2.05, 4.69) is 46.7 Å². The normalized spacial score (nSPS) is 15.6. The number of fused-ring (bicyclic) bond motifs is 1. The molecule has 0 amide bonds. The largest absolute Gasteiger partial charge is 0.361 e. The molecule has 1 saturated heterocycles. The van der Waals surface area contributed by atoms with Crippen LogP contribution in [-0.4, -0.2) is 38.7 Å². The number of nitrogens with zero attached hydrogens (tertiary/aromatic N) is 4. The summed E-state index contributed by atoms with van der Waals surface area (Å²) in [5, 5.41) is 4.09. The van der Waals surface area contributed by atoms with Gasteiger partial charge in [0.15, 0.2) is 11.6 Å². The van der Waals surface area contributed by atoms with E-state index in [0.717, 1.165) is 65.4 Å². The lowest BCUT2D eigenvalue weighted by Crippen LogP contribution is -2.39. The Morgan fingerprint density at radius 2 is 1.79 bits per heavy atom. The van der Waals surface area contributed by atoms with Gasteiger partial charge in [0.2, 0.25) is 0 Å². The van der Waals surface area contributed by atoms with Crippen molar-refractivity contribution in [2.24, 2.45) is 0 Å². The third-order valence-electron chi connectivity index (χ3n) is 7.03. The SMILES string of the molecule is Cc1noc(C)c1-c1ccc2c(c1)nc(Cc1ccc(F)c(F)c1)n2C1CCN(C(C)C)CC1. The standard InChI is InChI=1S/C27H30F2N4O/c1-16(2)32-11-9-21(10-12-32)33-25-8-6-20(27-17(3)31-34-18(27)4)15-24(25)30-26(33)14-19-5-7-22(28)23(29)13-19/h5-8,13,15-16,21H,9-12,14H2,1-4H3. The third kappa shape index (κ3) is 4.13. The van der Waals surface area contributed by atoms with Crippen molar-refractivity contribution in [2.75, 3.05) is 13.1 Å². The Hall–Kier alpha value is -3.06. The Labute approximate surface area is 198 Å². The Bertz CT molecular complexity index is 1310. The van der Waals surface area contributed by atoms with Crippen LogP contribution in [0, 0.1) is 25.5 Å². The van der Waals surface area contributed by atoms with E-state index in [4.69, 9.17) is 9.51 Å². The van der Waals surface area contributed by atoms with Crippen LogP contribution in [0.1, 0.15) is 55.6 Å². The summed E-state index contributed by atoms with van der Waals surface area (Å²) in [5.41, 5.74) is 5.52. The maximum Gasteiger partial charge on any atom is 0.159 e. The first kappa shape index (κ1) is 22.7. The van der Waals surface area contributed by atoms with Gasteiger partial charge in [-0.05, 0) is 75.9 Å². The molecule has 1 aliphatic heterocycles. The summed E-state index contributed by atoms with van der Waals surface area (Å²) in [6, 6.07) is 11.2. The second-order valence-corrected chi connectivity index (χ2v) is 9.59. The zero-order chi connectivity index (χ0) is 24.0. The Morgan fingerprint density at radius 3 is 2.44 bits per heavy atom. The van der Waals surface area contributed by atoms with Gasteiger partial charge in [0.05, 0.1) is 16.7 Å². The maximum absolute atomic E-state index is 13.9. The highest BCUT2D eigenvalue weighted by atomic mass is 19.2. The van der Waals surface area contributed by atoms with E-state index in [-0.39, 0.29) is 0 Å². The van der Waals surface area contributed by atoms with Crippen LogP contribution in [0.25, 0.3) is 22.2 Å². The molecule has 7 heteroatoms. The van der Waals surface area contributed by atoms with E-state index in [9.17, 15) is 8.78 Å². The number of halogens is 2. The highest BCUT2D eigenvalue weighted by Crippen LogP contribution is 2.34. The molecule has 2 aromatic carbocycles. The number of piperidine rings is 1. The predicted octanol–water partition coefficient (Wildman–Crippen LogP) is 6.22. The van der Waals surface area contributed by atoms with Gasteiger partial charge in [0.1, 0.15) is 11.6 Å². The Morgan fingerprint density at radius 1 is 1.03 bits per heavy atom. The number of imidazole rings is 1. The van der Waals surface area contributed by atoms with Crippen LogP contribution in [0.15, 0.2) is 40.9 Å². The van der Waals surface area contributed by atoms with Gasteiger partial charge in [-0.3, -0.25) is 0 Å². The first-order valence-electron chi connectivity index (χ1n) is 11.9. The van der Waals surface area contributed by atoms with E-state index >= 15 is 0 Å². The van der Waals surface area contributed by atoms with Gasteiger partial charge in [-0.15, -0.1) is 0 Å². The number of hydrogen-bond donors (Lipinski definition) is 0. The second-order valence-electron chi connectivity index (χ2n) is 9.59. The quantitative estimate of drug-likeness (QED) is 0.352. The molecule has 0 radical (unpaired) electrons. The van der Waals surface area contributed by atoms with Crippen molar-refractivity contribution < 1.29 is 13.3 Å². The molecule has 0 N–H and O–H groups in total. The minimum atomic E-state index is -0.831. The van der Waals surface area contributed by atoms with Crippen LogP contribution in [0.5, 0.6) is 0 Å². The molecule has 0 bridgehead atoms. The van der Waals surface area contributed by atoms with E-state index in [1.54, 1.807) is 6.07 Å². The van der Waals surface area contributed by atoms with Gasteiger partial charge in [-0.25, -0.2) is 13.8 Å². The van der Waals surface area contributed by atoms with Crippen molar-refractivity contribution in [3.8, 4) is 11.1 Å². The molecule has 3 heterocycles. The van der Waals surface area contributed by atoms with Gasteiger partial charge in [-0.2, -0.15) is 0 Å². The van der Waals surface area contributed by atoms with Crippen molar-refractivity contribution in [3.05, 3.63) is 70.9 Å². The van der Waals surface area contributed by atoms with Gasteiger partial charge in [-0.1, -0.05) is 17.3 Å². The summed E-state index contributed by atoms with van der Waals surface area (Å²) in [6.45, 7) is 10.4. The number of hydrogen-bond acceptors (Lipinski definition) is 4. The average Bonchev–Trinajstić information content (AvgIpc) is 3.34. The van der Waals surface area contributed by atoms with E-state index in [0.29, 0.717) is 24.1 Å². The summed E-state index contributed by atoms with van der Waals surface area (Å²) in [6.07, 6.45) is 2.50. The van der Waals surface area contributed by atoms with E-state index in [1.807, 2.05) is 13.8 Å². The lowest BCUT2D eigenvalue weighted by Gasteiger charge is -2.36. The lowest BCUT2D eigenvalue weighted by molar-refractivity contribution is 0.152. The van der Waals surface area contributed by atoms with Gasteiger partial charge >= 0.3 is 0 Å². The first-order valence-corrected chi connectivity index (χ1v) is 11.9. The Balaban J connectivity index is 1.58. The lowest BCUT2D eigenvalue weighted by atomic mass is 10.0. The van der Waals surface area contributed by atoms with Crippen LogP contribution in [0.4, 0.5) is 8.78 Å². The number of likely N-dealkylation sites (tertiary alicyclic amines) is 1. The molecule has 0 saturated carbocycles. The topological polar surface area (TPSA) is 47.1 Å². The minimum absolute atomic E-state index is 0.310. The molecule has 0 unspecified atom stereocenters. The van der Waals surface area contributed by atoms with E-state index in [1.165, 1.54) is 12.1 Å². The zero-order valence-corrected chi connectivity index (χ0v) is 20.1. The molecule has 2 aromatic heterocycles. The smallest absolute Gasteiger partial charge is 0.159 e. The molecule has 0 aliphatic carbocycles. The van der Waals surface area contributed by atoms with Gasteiger partial charge < -0.3 is 14.0 Å². The van der Waals surface area contributed by atoms with Crippen LogP contribution in [0.3, 0.4) is 0 Å². The molecule has 0 spiro atoms. The van der Waals surface area contributed by atoms with Crippen LogP contribution < -0.4 is 0 Å². The van der Waals surface area contributed by atoms with Crippen LogP contribution >= 0.6 is 0 Å². The van der Waals surface area contributed by atoms with Gasteiger partial charge in [0.25, 0.3) is 0 Å². The first-order chi connectivity index (χ1) is 16.3. The number of aryl methyl sites for hydroxylation is 2. The molecule has 5 nitrogen and oxygen atoms in total. The molecule has 4 aromatic rings. The molecular formula is C27H30F2N4O. The minimum Gasteiger partial charge on any atom is -0.361 e. The molecule has 1 fully saturated rings. The second kappa shape index (κ2) is 8.95. The monoisotopic (exact) mass is 464 g/mol. The zero-order valence-electron chi connectivity index (χ0n) is 20.1. The highest BCUT2D eigenvalue weighted by Gasteiger charge is 2.26. The molecule has 1 aliphatic rings. The number of rotatable bonds is 5. The number of aromatic nitrogens is 3. The Kier molecular flexibility index (Phi) is 5.98. The molecular weight excluding hydrogens is 434 g/mol. The van der Waals surface area contributed by atoms with Crippen molar-refractivity contribution in [3.63, 3.8) is 0 Å². The van der Waals surface area contributed by atoms with Crippen molar-refractivity contribution in [1.29, 1.82) is 0 Å². The predicted molar refractivity (Wildman–Crippen MR) is 129 cm³/mol. The van der Waals surface area contributed by atoms with Crippen LogP contribution in [-0.2, 0) is 6.42 Å². The summed E-state index contributed by atoms with van der Waals surface area (Å²) >= 11 is 0. The molecule has 5 rings (SSSR count). The fourth-order valence-corrected chi connectivity index (χ4v) is 5.22. The summed E-state index contributed by atoms with van der Waals surface area (Å²) in [4.78, 5) is 7.50. The van der Waals surface area contributed by atoms with Crippen molar-refractivity contribution >= 4 is 11.0 Å². The van der Waals surface area contributed by atoms with Crippen molar-refractivity contribution in [2.45, 2.75) is 59.0 Å². The number of benzene rings is 2. The fraction of sp³-hybridized carbons (Fsp3) is 0.407. The van der Waals surface area contributed by atoms with Crippen molar-refractivity contribution in [1.82, 2.24) is 19.6 Å². The summed E-state index contributed by atoms with van der Waals surface area (Å²) in [5.74, 6) is -0.00669. The third-order valence-corrected chi connectivity index (χ3v) is 7.03. The maximum atomic E-state index is 13.9. The average molecular weight is 465 g/mol. The fourth-order valence-electron chi connectivity index (χ4n) is 5.22. The summed E-state index contributed by atoms with van der Waals surface area (Å²) in [7, 11) is 0. The molecule has 0 atom stereocenters. The molecule has 178 valence electrons.